The van der Waals surface area contributed by atoms with Crippen LogP contribution < -0.4 is 0 Å². The van der Waals surface area contributed by atoms with E-state index >= 15 is 0 Å². The van der Waals surface area contributed by atoms with Gasteiger partial charge in [0.15, 0.2) is 0 Å². The van der Waals surface area contributed by atoms with Crippen molar-refractivity contribution in [2.45, 2.75) is 39.0 Å². The van der Waals surface area contributed by atoms with Crippen molar-refractivity contribution >= 4 is 34.0 Å². The van der Waals surface area contributed by atoms with Gasteiger partial charge in [0.05, 0.1) is 0 Å². The molecule has 0 saturated carbocycles. The number of hydrogen-bond donors (Lipinski definition) is 0. The summed E-state index contributed by atoms with van der Waals surface area (Å²) < 4.78 is 0. The summed E-state index contributed by atoms with van der Waals surface area (Å²) >= 11 is 5.79. The van der Waals surface area contributed by atoms with Crippen molar-refractivity contribution < 1.29 is 0 Å². The Hall–Kier alpha value is -2.46. The Kier molecular flexibility index (Phi) is 7.21. The predicted molar refractivity (Wildman–Crippen MR) is 150 cm³/mol. The number of unbranched alkanes of at least 4 members (excludes halogenated alkanes) is 3. The highest BCUT2D eigenvalue weighted by molar-refractivity contribution is 7.28. The first-order valence-corrected chi connectivity index (χ1v) is 14.2. The first-order chi connectivity index (χ1) is 16.3. The van der Waals surface area contributed by atoms with Crippen molar-refractivity contribution in [2.24, 2.45) is 0 Å². The molecule has 0 aliphatic carbocycles. The van der Waals surface area contributed by atoms with Crippen LogP contribution in [0.4, 0.5) is 0 Å². The topological polar surface area (TPSA) is 0 Å². The molecule has 5 aromatic rings. The summed E-state index contributed by atoms with van der Waals surface area (Å²) in [5.41, 5.74) is 4.12. The largest absolute Gasteiger partial charge is 0.134 e. The number of benzene rings is 2. The van der Waals surface area contributed by atoms with E-state index in [1.165, 1.54) is 78.1 Å². The molecule has 166 valence electrons. The fraction of sp³-hybridized carbons (Fsp3) is 0.200. The van der Waals surface area contributed by atoms with E-state index in [-0.39, 0.29) is 0 Å². The molecule has 0 aliphatic rings. The van der Waals surface area contributed by atoms with Gasteiger partial charge in [-0.1, -0.05) is 86.8 Å². The molecule has 0 fully saturated rings. The van der Waals surface area contributed by atoms with Gasteiger partial charge in [0.1, 0.15) is 0 Å². The van der Waals surface area contributed by atoms with E-state index in [0.29, 0.717) is 0 Å². The number of rotatable bonds is 9. The molecule has 3 aromatic heterocycles. The van der Waals surface area contributed by atoms with Crippen molar-refractivity contribution in [1.29, 1.82) is 0 Å². The summed E-state index contributed by atoms with van der Waals surface area (Å²) in [7, 11) is 0. The zero-order valence-electron chi connectivity index (χ0n) is 18.9. The SMILES string of the molecule is CCCCCCc1cc(-c2ccc(-c3ccccc3)s2)sc1-c1ccc(-c2ccccc2)s1. The fourth-order valence-electron chi connectivity index (χ4n) is 4.13. The fourth-order valence-corrected chi connectivity index (χ4v) is 7.59. The van der Waals surface area contributed by atoms with Gasteiger partial charge in [-0.15, -0.1) is 34.0 Å². The van der Waals surface area contributed by atoms with E-state index in [0.717, 1.165) is 0 Å². The Morgan fingerprint density at radius 2 is 1.09 bits per heavy atom. The molecule has 5 rings (SSSR count). The molecule has 3 heterocycles. The van der Waals surface area contributed by atoms with Crippen molar-refractivity contribution in [3.05, 3.63) is 96.6 Å². The lowest BCUT2D eigenvalue weighted by molar-refractivity contribution is 0.668. The quantitative estimate of drug-likeness (QED) is 0.182. The van der Waals surface area contributed by atoms with Crippen LogP contribution in [0.5, 0.6) is 0 Å². The Balaban J connectivity index is 1.47. The highest BCUT2D eigenvalue weighted by Crippen LogP contribution is 2.45. The van der Waals surface area contributed by atoms with Crippen molar-refractivity contribution in [3.63, 3.8) is 0 Å². The third kappa shape index (κ3) is 5.22. The van der Waals surface area contributed by atoms with Gasteiger partial charge in [-0.3, -0.25) is 0 Å². The number of thiophene rings is 3. The van der Waals surface area contributed by atoms with Crippen LogP contribution >= 0.6 is 34.0 Å². The van der Waals surface area contributed by atoms with Crippen LogP contribution in [-0.4, -0.2) is 0 Å². The first kappa shape index (κ1) is 22.3. The van der Waals surface area contributed by atoms with Crippen molar-refractivity contribution in [2.75, 3.05) is 0 Å². The molecule has 0 radical (unpaired) electrons. The summed E-state index contributed by atoms with van der Waals surface area (Å²) in [6, 6.07) is 33.1. The van der Waals surface area contributed by atoms with E-state index in [9.17, 15) is 0 Å². The molecule has 0 aliphatic heterocycles. The van der Waals surface area contributed by atoms with Crippen LogP contribution in [0.15, 0.2) is 91.0 Å². The second-order valence-corrected chi connectivity index (χ2v) is 11.6. The Labute approximate surface area is 209 Å². The smallest absolute Gasteiger partial charge is 0.0481 e. The van der Waals surface area contributed by atoms with E-state index in [1.54, 1.807) is 0 Å². The van der Waals surface area contributed by atoms with E-state index in [2.05, 4.69) is 97.9 Å². The molecule has 3 heteroatoms. The maximum absolute atomic E-state index is 2.47. The zero-order valence-corrected chi connectivity index (χ0v) is 21.4. The monoisotopic (exact) mass is 484 g/mol. The van der Waals surface area contributed by atoms with Crippen LogP contribution in [0.25, 0.3) is 40.4 Å². The zero-order chi connectivity index (χ0) is 22.5. The molecule has 0 spiro atoms. The van der Waals surface area contributed by atoms with E-state index < -0.39 is 0 Å². The lowest BCUT2D eigenvalue weighted by atomic mass is 10.1. The highest BCUT2D eigenvalue weighted by atomic mass is 32.1. The average molecular weight is 485 g/mol. The van der Waals surface area contributed by atoms with Gasteiger partial charge in [0.25, 0.3) is 0 Å². The van der Waals surface area contributed by atoms with Gasteiger partial charge in [-0.05, 0) is 59.9 Å². The standard InChI is InChI=1S/C30H28S3/c1-2-3-4-7-16-24-21-29(27-19-17-25(31-27)22-12-8-5-9-13-22)33-30(24)28-20-18-26(32-28)23-14-10-6-11-15-23/h5-6,8-15,17-21H,2-4,7,16H2,1H3. The summed E-state index contributed by atoms with van der Waals surface area (Å²) in [6.07, 6.45) is 6.37. The van der Waals surface area contributed by atoms with Gasteiger partial charge in [0.2, 0.25) is 0 Å². The molecule has 0 nitrogen and oxygen atoms in total. The summed E-state index contributed by atoms with van der Waals surface area (Å²) in [5.74, 6) is 0. The molecule has 0 bridgehead atoms. The highest BCUT2D eigenvalue weighted by Gasteiger charge is 2.16. The third-order valence-electron chi connectivity index (χ3n) is 5.90. The first-order valence-electron chi connectivity index (χ1n) is 11.8. The second kappa shape index (κ2) is 10.6. The lowest BCUT2D eigenvalue weighted by Crippen LogP contribution is -1.85. The average Bonchev–Trinajstić information content (AvgIpc) is 3.62. The van der Waals surface area contributed by atoms with Gasteiger partial charge < -0.3 is 0 Å². The molecule has 0 saturated heterocycles. The summed E-state index contributed by atoms with van der Waals surface area (Å²) in [6.45, 7) is 2.28. The maximum atomic E-state index is 2.47. The van der Waals surface area contributed by atoms with Crippen LogP contribution in [0.2, 0.25) is 0 Å². The second-order valence-electron chi connectivity index (χ2n) is 8.34. The summed E-state index contributed by atoms with van der Waals surface area (Å²) in [4.78, 5) is 8.32. The van der Waals surface area contributed by atoms with Crippen LogP contribution in [0, 0.1) is 0 Å². The van der Waals surface area contributed by atoms with Crippen molar-refractivity contribution in [3.8, 4) is 40.4 Å². The minimum Gasteiger partial charge on any atom is -0.134 e. The Morgan fingerprint density at radius 1 is 0.515 bits per heavy atom. The molecule has 0 N–H and O–H groups in total. The maximum Gasteiger partial charge on any atom is 0.0481 e. The normalized spacial score (nSPS) is 11.2. The molecule has 0 unspecified atom stereocenters. The van der Waals surface area contributed by atoms with E-state index in [1.807, 2.05) is 34.0 Å². The molecule has 0 atom stereocenters. The third-order valence-corrected chi connectivity index (χ3v) is 9.73. The van der Waals surface area contributed by atoms with Crippen LogP contribution in [-0.2, 0) is 6.42 Å². The Morgan fingerprint density at radius 3 is 1.73 bits per heavy atom. The minimum absolute atomic E-state index is 1.17. The predicted octanol–water partition coefficient (Wildman–Crippen LogP) is 10.7. The number of hydrogen-bond acceptors (Lipinski definition) is 3. The van der Waals surface area contributed by atoms with Crippen molar-refractivity contribution in [1.82, 2.24) is 0 Å². The van der Waals surface area contributed by atoms with Gasteiger partial charge in [-0.25, -0.2) is 0 Å². The lowest BCUT2D eigenvalue weighted by Gasteiger charge is -2.02. The molecular formula is C30H28S3. The van der Waals surface area contributed by atoms with E-state index in [4.69, 9.17) is 0 Å². The number of aryl methyl sites for hydroxylation is 1. The molecule has 33 heavy (non-hydrogen) atoms. The molecule has 0 amide bonds. The Bertz CT molecular complexity index is 1290. The van der Waals surface area contributed by atoms with Crippen LogP contribution in [0.3, 0.4) is 0 Å². The molecular weight excluding hydrogens is 457 g/mol. The summed E-state index contributed by atoms with van der Waals surface area (Å²) in [5, 5.41) is 0. The minimum atomic E-state index is 1.17. The van der Waals surface area contributed by atoms with Crippen LogP contribution in [0.1, 0.15) is 38.2 Å². The van der Waals surface area contributed by atoms with Gasteiger partial charge in [-0.2, -0.15) is 0 Å². The van der Waals surface area contributed by atoms with Gasteiger partial charge >= 0.3 is 0 Å². The van der Waals surface area contributed by atoms with Gasteiger partial charge in [0, 0.05) is 29.3 Å². The molecule has 2 aromatic carbocycles.